The summed E-state index contributed by atoms with van der Waals surface area (Å²) in [6, 6.07) is 6.17. The molecule has 13 heavy (non-hydrogen) atoms. The van der Waals surface area contributed by atoms with Gasteiger partial charge in [0.05, 0.1) is 0 Å². The summed E-state index contributed by atoms with van der Waals surface area (Å²) in [4.78, 5) is 0. The van der Waals surface area contributed by atoms with Crippen molar-refractivity contribution in [1.29, 1.82) is 0 Å². The topological polar surface area (TPSA) is 3.88 Å². The van der Waals surface area contributed by atoms with Gasteiger partial charge in [0.1, 0.15) is 6.54 Å². The maximum Gasteiger partial charge on any atom is 0.168 e. The number of nitrogens with zero attached hydrogens (tertiary/aromatic N) is 1. The second kappa shape index (κ2) is 12.6. The number of hydrogen-bond acceptors (Lipinski definition) is 0. The molecule has 0 saturated carbocycles. The smallest absolute Gasteiger partial charge is 0.168 e. The van der Waals surface area contributed by atoms with Crippen LogP contribution in [0, 0.1) is 0 Å². The third-order valence-electron chi connectivity index (χ3n) is 1.55. The van der Waals surface area contributed by atoms with E-state index in [9.17, 15) is 0 Å². The van der Waals surface area contributed by atoms with Crippen LogP contribution >= 0.6 is 34.0 Å². The molecule has 78 valence electrons. The van der Waals surface area contributed by atoms with Gasteiger partial charge in [-0.15, -0.1) is 34.0 Å². The summed E-state index contributed by atoms with van der Waals surface area (Å²) < 4.78 is 2.21. The van der Waals surface area contributed by atoms with E-state index in [0.29, 0.717) is 0 Å². The largest absolute Gasteiger partial charge is 1.00 e. The van der Waals surface area contributed by atoms with Crippen molar-refractivity contribution in [3.8, 4) is 0 Å². The van der Waals surface area contributed by atoms with Crippen molar-refractivity contribution in [3.05, 3.63) is 30.6 Å². The number of aryl methyl sites for hydroxylation is 1. The Morgan fingerprint density at radius 1 is 1.00 bits per heavy atom. The summed E-state index contributed by atoms with van der Waals surface area (Å²) >= 11 is 0. The molecule has 1 aromatic rings. The Kier molecular flexibility index (Phi) is 18.6. The van der Waals surface area contributed by atoms with Crippen molar-refractivity contribution < 1.29 is 21.5 Å². The molecule has 0 radical (unpaired) electrons. The number of halogens is 3. The first-order valence-electron chi connectivity index (χ1n) is 3.87. The van der Waals surface area contributed by atoms with Crippen molar-refractivity contribution in [2.24, 2.45) is 0 Å². The Labute approximate surface area is 112 Å². The van der Waals surface area contributed by atoms with Crippen LogP contribution in [-0.4, -0.2) is 0 Å². The Hall–Kier alpha value is 0.590. The van der Waals surface area contributed by atoms with E-state index in [1.54, 1.807) is 0 Å². The second-order valence-corrected chi connectivity index (χ2v) is 2.47. The molecule has 0 aliphatic carbocycles. The fourth-order valence-corrected chi connectivity index (χ4v) is 0.924. The molecule has 1 heterocycles. The SMILES string of the molecule is Br.Br.CCCC[n+]1ccccc1.[Br-]. The van der Waals surface area contributed by atoms with Gasteiger partial charge in [0.25, 0.3) is 0 Å². The molecule has 0 atom stereocenters. The first-order valence-corrected chi connectivity index (χ1v) is 3.87. The first-order chi connectivity index (χ1) is 4.93. The van der Waals surface area contributed by atoms with E-state index < -0.39 is 0 Å². The van der Waals surface area contributed by atoms with Crippen molar-refractivity contribution in [2.75, 3.05) is 0 Å². The highest BCUT2D eigenvalue weighted by Crippen LogP contribution is 1.85. The lowest BCUT2D eigenvalue weighted by Crippen LogP contribution is -3.00. The predicted octanol–water partition coefficient (Wildman–Crippen LogP) is -0.0660. The van der Waals surface area contributed by atoms with Crippen molar-refractivity contribution in [3.63, 3.8) is 0 Å². The Bertz CT molecular complexity index is 179. The molecule has 0 unspecified atom stereocenters. The van der Waals surface area contributed by atoms with Gasteiger partial charge in [-0.25, -0.2) is 4.57 Å². The summed E-state index contributed by atoms with van der Waals surface area (Å²) in [7, 11) is 0. The van der Waals surface area contributed by atoms with Crippen LogP contribution in [-0.2, 0) is 6.54 Å². The van der Waals surface area contributed by atoms with Gasteiger partial charge >= 0.3 is 0 Å². The molecular formula is C9H16Br3N. The van der Waals surface area contributed by atoms with Gasteiger partial charge < -0.3 is 17.0 Å². The zero-order chi connectivity index (χ0) is 7.23. The zero-order valence-electron chi connectivity index (χ0n) is 7.65. The van der Waals surface area contributed by atoms with Crippen molar-refractivity contribution >= 4 is 34.0 Å². The minimum atomic E-state index is 0. The van der Waals surface area contributed by atoms with Crippen molar-refractivity contribution in [2.45, 2.75) is 26.3 Å². The lowest BCUT2D eigenvalue weighted by molar-refractivity contribution is -0.697. The number of aromatic nitrogens is 1. The number of rotatable bonds is 3. The van der Waals surface area contributed by atoms with Gasteiger partial charge in [-0.3, -0.25) is 0 Å². The number of pyridine rings is 1. The Balaban J connectivity index is -0.000000333. The summed E-state index contributed by atoms with van der Waals surface area (Å²) in [5, 5.41) is 0. The van der Waals surface area contributed by atoms with Crippen LogP contribution in [0.2, 0.25) is 0 Å². The summed E-state index contributed by atoms with van der Waals surface area (Å²) in [6.07, 6.45) is 6.75. The van der Waals surface area contributed by atoms with Crippen LogP contribution in [0.5, 0.6) is 0 Å². The average Bonchev–Trinajstić information content (AvgIpc) is 2.03. The molecule has 0 N–H and O–H groups in total. The van der Waals surface area contributed by atoms with E-state index in [1.165, 1.54) is 12.8 Å². The van der Waals surface area contributed by atoms with E-state index in [2.05, 4.69) is 36.0 Å². The maximum absolute atomic E-state index is 2.21. The van der Waals surface area contributed by atoms with Crippen LogP contribution in [0.1, 0.15) is 19.8 Å². The third-order valence-corrected chi connectivity index (χ3v) is 1.55. The normalized spacial score (nSPS) is 7.46. The van der Waals surface area contributed by atoms with Gasteiger partial charge in [-0.05, 0) is 0 Å². The lowest BCUT2D eigenvalue weighted by Gasteiger charge is -1.91. The Morgan fingerprint density at radius 2 is 1.54 bits per heavy atom. The summed E-state index contributed by atoms with van der Waals surface area (Å²) in [5.41, 5.74) is 0. The molecule has 1 nitrogen and oxygen atoms in total. The minimum Gasteiger partial charge on any atom is -1.00 e. The molecule has 0 saturated heterocycles. The molecule has 0 bridgehead atoms. The quantitative estimate of drug-likeness (QED) is 0.649. The highest BCUT2D eigenvalue weighted by molar-refractivity contribution is 8.93. The molecule has 0 aromatic carbocycles. The summed E-state index contributed by atoms with van der Waals surface area (Å²) in [6.45, 7) is 3.36. The van der Waals surface area contributed by atoms with Crippen LogP contribution < -0.4 is 21.5 Å². The fraction of sp³-hybridized carbons (Fsp3) is 0.444. The monoisotopic (exact) mass is 375 g/mol. The molecule has 0 aliphatic heterocycles. The van der Waals surface area contributed by atoms with Gasteiger partial charge in [-0.1, -0.05) is 19.4 Å². The first kappa shape index (κ1) is 19.2. The second-order valence-electron chi connectivity index (χ2n) is 2.47. The van der Waals surface area contributed by atoms with Gasteiger partial charge in [0.2, 0.25) is 0 Å². The molecular weight excluding hydrogens is 362 g/mol. The Morgan fingerprint density at radius 3 is 2.00 bits per heavy atom. The maximum atomic E-state index is 2.21. The van der Waals surface area contributed by atoms with Crippen LogP contribution in [0.15, 0.2) is 30.6 Å². The molecule has 1 aromatic heterocycles. The van der Waals surface area contributed by atoms with Gasteiger partial charge in [-0.2, -0.15) is 0 Å². The standard InChI is InChI=1S/C9H14N.3BrH/c1-2-3-7-10-8-5-4-6-9-10;;;/h4-6,8-9H,2-3,7H2,1H3;3*1H/q+1;;;/p-1. The van der Waals surface area contributed by atoms with Crippen LogP contribution in [0.4, 0.5) is 0 Å². The van der Waals surface area contributed by atoms with Gasteiger partial charge in [0.15, 0.2) is 12.4 Å². The van der Waals surface area contributed by atoms with E-state index >= 15 is 0 Å². The molecule has 0 aliphatic rings. The van der Waals surface area contributed by atoms with E-state index in [4.69, 9.17) is 0 Å². The molecule has 0 fully saturated rings. The fourth-order valence-electron chi connectivity index (χ4n) is 0.924. The highest BCUT2D eigenvalue weighted by atomic mass is 79.9. The lowest BCUT2D eigenvalue weighted by atomic mass is 10.3. The van der Waals surface area contributed by atoms with Crippen molar-refractivity contribution in [1.82, 2.24) is 0 Å². The summed E-state index contributed by atoms with van der Waals surface area (Å²) in [5.74, 6) is 0. The molecule has 0 spiro atoms. The molecule has 0 amide bonds. The van der Waals surface area contributed by atoms with Crippen LogP contribution in [0.3, 0.4) is 0 Å². The van der Waals surface area contributed by atoms with E-state index in [0.717, 1.165) is 6.54 Å². The number of unbranched alkanes of at least 4 members (excludes halogenated alkanes) is 1. The number of hydrogen-bond donors (Lipinski definition) is 0. The van der Waals surface area contributed by atoms with E-state index in [-0.39, 0.29) is 50.9 Å². The average molecular weight is 378 g/mol. The zero-order valence-corrected chi connectivity index (χ0v) is 12.7. The highest BCUT2D eigenvalue weighted by Gasteiger charge is 1.93. The van der Waals surface area contributed by atoms with E-state index in [1.807, 2.05) is 6.07 Å². The molecule has 4 heteroatoms. The minimum absolute atomic E-state index is 0. The van der Waals surface area contributed by atoms with Crippen LogP contribution in [0.25, 0.3) is 0 Å². The third kappa shape index (κ3) is 8.91. The predicted molar refractivity (Wildman–Crippen MR) is 62.2 cm³/mol. The van der Waals surface area contributed by atoms with Gasteiger partial charge in [0, 0.05) is 18.6 Å². The molecule has 1 rings (SSSR count).